The number of nitrogens with zero attached hydrogens (tertiary/aromatic N) is 5. The summed E-state index contributed by atoms with van der Waals surface area (Å²) in [6.45, 7) is 4.07. The smallest absolute Gasteiger partial charge is 0.254 e. The van der Waals surface area contributed by atoms with E-state index in [0.717, 1.165) is 36.2 Å². The van der Waals surface area contributed by atoms with Crippen LogP contribution in [0.2, 0.25) is 0 Å². The molecule has 1 atom stereocenters. The maximum Gasteiger partial charge on any atom is 0.254 e. The molecular formula is C22H27N5O. The highest BCUT2D eigenvalue weighted by molar-refractivity contribution is 5.95. The number of aromatic nitrogens is 4. The number of carbonyl (C=O) groups excluding carboxylic acids is 1. The largest absolute Gasteiger partial charge is 0.335 e. The number of unbranched alkanes of at least 4 members (excludes halogenated alkanes) is 1. The van der Waals surface area contributed by atoms with Gasteiger partial charge < -0.3 is 4.90 Å². The molecule has 0 aliphatic heterocycles. The Labute approximate surface area is 166 Å². The van der Waals surface area contributed by atoms with Gasteiger partial charge in [0.15, 0.2) is 5.82 Å². The molecule has 3 rings (SSSR count). The lowest BCUT2D eigenvalue weighted by atomic mass is 10.00. The first kappa shape index (κ1) is 19.7. The fraction of sp³-hybridized carbons (Fsp3) is 0.364. The third-order valence-electron chi connectivity index (χ3n) is 5.04. The molecular weight excluding hydrogens is 350 g/mol. The van der Waals surface area contributed by atoms with Gasteiger partial charge in [0.1, 0.15) is 5.82 Å². The zero-order chi connectivity index (χ0) is 20.1. The zero-order valence-corrected chi connectivity index (χ0v) is 17.0. The number of carbonyl (C=O) groups is 1. The van der Waals surface area contributed by atoms with Gasteiger partial charge in [-0.05, 0) is 37.1 Å². The molecule has 28 heavy (non-hydrogen) atoms. The predicted octanol–water partition coefficient (Wildman–Crippen LogP) is 4.19. The number of hydrogen-bond acceptors (Lipinski definition) is 4. The van der Waals surface area contributed by atoms with Gasteiger partial charge in [-0.15, -0.1) is 0 Å². The van der Waals surface area contributed by atoms with Gasteiger partial charge >= 0.3 is 0 Å². The molecule has 0 saturated carbocycles. The molecule has 6 heteroatoms. The Hall–Kier alpha value is -3.02. The topological polar surface area (TPSA) is 63.9 Å². The van der Waals surface area contributed by atoms with E-state index in [0.29, 0.717) is 11.4 Å². The summed E-state index contributed by atoms with van der Waals surface area (Å²) in [5.41, 5.74) is 2.54. The summed E-state index contributed by atoms with van der Waals surface area (Å²) < 4.78 is 1.74. The number of benzene rings is 1. The number of hydrogen-bond donors (Lipinski definition) is 0. The van der Waals surface area contributed by atoms with Gasteiger partial charge in [0, 0.05) is 37.6 Å². The van der Waals surface area contributed by atoms with E-state index in [9.17, 15) is 4.79 Å². The van der Waals surface area contributed by atoms with Crippen molar-refractivity contribution in [1.29, 1.82) is 0 Å². The maximum atomic E-state index is 13.2. The molecule has 6 nitrogen and oxygen atoms in total. The van der Waals surface area contributed by atoms with Crippen LogP contribution in [0.1, 0.15) is 54.0 Å². The monoisotopic (exact) mass is 377 g/mol. The second-order valence-electron chi connectivity index (χ2n) is 7.05. The fourth-order valence-corrected chi connectivity index (χ4v) is 3.28. The molecule has 1 amide bonds. The van der Waals surface area contributed by atoms with Crippen molar-refractivity contribution in [2.75, 3.05) is 7.05 Å². The van der Waals surface area contributed by atoms with Crippen LogP contribution >= 0.6 is 0 Å². The number of aryl methyl sites for hydroxylation is 2. The summed E-state index contributed by atoms with van der Waals surface area (Å²) in [5.74, 6) is 1.45. The van der Waals surface area contributed by atoms with Crippen molar-refractivity contribution in [3.63, 3.8) is 0 Å². The van der Waals surface area contributed by atoms with Gasteiger partial charge in [-0.25, -0.2) is 4.98 Å². The first-order valence-corrected chi connectivity index (χ1v) is 9.66. The van der Waals surface area contributed by atoms with Crippen LogP contribution in [0.3, 0.4) is 0 Å². The lowest BCUT2D eigenvalue weighted by Gasteiger charge is -2.28. The van der Waals surface area contributed by atoms with E-state index in [1.54, 1.807) is 10.9 Å². The summed E-state index contributed by atoms with van der Waals surface area (Å²) in [6, 6.07) is 11.5. The molecule has 0 unspecified atom stereocenters. The average molecular weight is 377 g/mol. The van der Waals surface area contributed by atoms with Crippen LogP contribution in [0.4, 0.5) is 0 Å². The molecule has 0 radical (unpaired) electrons. The molecule has 0 fully saturated rings. The quantitative estimate of drug-likeness (QED) is 0.619. The van der Waals surface area contributed by atoms with E-state index in [1.807, 2.05) is 68.5 Å². The highest BCUT2D eigenvalue weighted by atomic mass is 16.2. The summed E-state index contributed by atoms with van der Waals surface area (Å²) in [5, 5.41) is 4.42. The second-order valence-corrected chi connectivity index (χ2v) is 7.05. The average Bonchev–Trinajstić information content (AvgIpc) is 3.07. The normalized spacial score (nSPS) is 12.0. The fourth-order valence-electron chi connectivity index (χ4n) is 3.28. The Bertz CT molecular complexity index is 916. The Morgan fingerprint density at radius 1 is 1.25 bits per heavy atom. The van der Waals surface area contributed by atoms with Crippen LogP contribution in [0.15, 0.2) is 48.8 Å². The number of amides is 1. The molecule has 0 bridgehead atoms. The van der Waals surface area contributed by atoms with Crippen molar-refractivity contribution >= 4 is 5.91 Å². The van der Waals surface area contributed by atoms with Crippen molar-refractivity contribution in [3.8, 4) is 11.4 Å². The highest BCUT2D eigenvalue weighted by Gasteiger charge is 2.23. The summed E-state index contributed by atoms with van der Waals surface area (Å²) in [6.07, 6.45) is 6.65. The van der Waals surface area contributed by atoms with Gasteiger partial charge in [-0.2, -0.15) is 5.10 Å². The minimum absolute atomic E-state index is 0.0000239. The van der Waals surface area contributed by atoms with Gasteiger partial charge in [-0.1, -0.05) is 38.0 Å². The molecule has 1 aromatic carbocycles. The third kappa shape index (κ3) is 4.27. The molecule has 2 heterocycles. The predicted molar refractivity (Wildman–Crippen MR) is 110 cm³/mol. The minimum Gasteiger partial charge on any atom is -0.335 e. The van der Waals surface area contributed by atoms with Crippen molar-refractivity contribution in [1.82, 2.24) is 24.6 Å². The van der Waals surface area contributed by atoms with Crippen LogP contribution in [0.25, 0.3) is 11.4 Å². The second kappa shape index (κ2) is 8.78. The van der Waals surface area contributed by atoms with Gasteiger partial charge in [-0.3, -0.25) is 14.5 Å². The van der Waals surface area contributed by atoms with Crippen LogP contribution in [-0.4, -0.2) is 37.6 Å². The summed E-state index contributed by atoms with van der Waals surface area (Å²) >= 11 is 0. The molecule has 146 valence electrons. The number of pyridine rings is 1. The summed E-state index contributed by atoms with van der Waals surface area (Å²) in [7, 11) is 3.73. The molecule has 0 spiro atoms. The van der Waals surface area contributed by atoms with E-state index in [4.69, 9.17) is 0 Å². The molecule has 0 saturated heterocycles. The standard InChI is InChI=1S/C22H27N5O/c1-5-6-12-20(19-11-8-13-23-15-19)26(3)22(28)18-10-7-9-17(14-18)21-24-16(2)27(4)25-21/h7-11,13-15,20H,5-6,12H2,1-4H3/t20-/m1/s1. The van der Waals surface area contributed by atoms with Crippen LogP contribution in [0, 0.1) is 6.92 Å². The highest BCUT2D eigenvalue weighted by Crippen LogP contribution is 2.27. The SMILES string of the molecule is CCCC[C@H](c1cccnc1)N(C)C(=O)c1cccc(-c2nc(C)n(C)n2)c1. The first-order chi connectivity index (χ1) is 13.5. The first-order valence-electron chi connectivity index (χ1n) is 9.66. The lowest BCUT2D eigenvalue weighted by Crippen LogP contribution is -2.31. The van der Waals surface area contributed by atoms with Gasteiger partial charge in [0.25, 0.3) is 5.91 Å². The van der Waals surface area contributed by atoms with E-state index in [2.05, 4.69) is 22.0 Å². The Morgan fingerprint density at radius 2 is 2.07 bits per heavy atom. The lowest BCUT2D eigenvalue weighted by molar-refractivity contribution is 0.0720. The Balaban J connectivity index is 1.88. The maximum absolute atomic E-state index is 13.2. The molecule has 0 aliphatic carbocycles. The molecule has 0 aliphatic rings. The van der Waals surface area contributed by atoms with Crippen molar-refractivity contribution in [2.45, 2.75) is 39.2 Å². The molecule has 2 aromatic heterocycles. The molecule has 0 N–H and O–H groups in total. The molecule has 3 aromatic rings. The van der Waals surface area contributed by atoms with E-state index in [1.165, 1.54) is 0 Å². The Kier molecular flexibility index (Phi) is 6.19. The van der Waals surface area contributed by atoms with E-state index in [-0.39, 0.29) is 11.9 Å². The number of rotatable bonds is 7. The Morgan fingerprint density at radius 3 is 2.71 bits per heavy atom. The van der Waals surface area contributed by atoms with Crippen molar-refractivity contribution in [2.24, 2.45) is 7.05 Å². The van der Waals surface area contributed by atoms with Crippen molar-refractivity contribution < 1.29 is 4.79 Å². The summed E-state index contributed by atoms with van der Waals surface area (Å²) in [4.78, 5) is 23.8. The van der Waals surface area contributed by atoms with E-state index < -0.39 is 0 Å². The van der Waals surface area contributed by atoms with Crippen molar-refractivity contribution in [3.05, 3.63) is 65.7 Å². The minimum atomic E-state index is -0.0144. The van der Waals surface area contributed by atoms with Crippen LogP contribution in [0.5, 0.6) is 0 Å². The third-order valence-corrected chi connectivity index (χ3v) is 5.04. The zero-order valence-electron chi connectivity index (χ0n) is 17.0. The van der Waals surface area contributed by atoms with Crippen LogP contribution < -0.4 is 0 Å². The van der Waals surface area contributed by atoms with Gasteiger partial charge in [0.2, 0.25) is 0 Å². The van der Waals surface area contributed by atoms with E-state index >= 15 is 0 Å². The van der Waals surface area contributed by atoms with Gasteiger partial charge in [0.05, 0.1) is 6.04 Å². The van der Waals surface area contributed by atoms with Crippen LogP contribution in [-0.2, 0) is 7.05 Å².